The van der Waals surface area contributed by atoms with E-state index in [0.29, 0.717) is 17.5 Å². The second kappa shape index (κ2) is 6.04. The van der Waals surface area contributed by atoms with Gasteiger partial charge in [0.2, 0.25) is 0 Å². The number of nitrogens with zero attached hydrogens (tertiary/aromatic N) is 2. The Hall–Kier alpha value is -1.58. The number of nitrogens with one attached hydrogen (secondary N) is 1. The SMILES string of the molecule is CNc1ccncc1C(=O)N(C)C1CCCCC1C. The molecule has 19 heavy (non-hydrogen) atoms. The van der Waals surface area contributed by atoms with Crippen molar-refractivity contribution in [2.24, 2.45) is 5.92 Å². The second-order valence-electron chi connectivity index (χ2n) is 5.42. The minimum Gasteiger partial charge on any atom is -0.387 e. The smallest absolute Gasteiger partial charge is 0.257 e. The van der Waals surface area contributed by atoms with Crippen LogP contribution >= 0.6 is 0 Å². The van der Waals surface area contributed by atoms with Gasteiger partial charge in [0.05, 0.1) is 5.56 Å². The summed E-state index contributed by atoms with van der Waals surface area (Å²) >= 11 is 0. The third kappa shape index (κ3) is 2.88. The summed E-state index contributed by atoms with van der Waals surface area (Å²) in [6.45, 7) is 2.25. The molecule has 2 unspecified atom stereocenters. The first kappa shape index (κ1) is 13.8. The van der Waals surface area contributed by atoms with E-state index in [0.717, 1.165) is 12.1 Å². The van der Waals surface area contributed by atoms with E-state index in [4.69, 9.17) is 0 Å². The van der Waals surface area contributed by atoms with E-state index in [1.54, 1.807) is 12.4 Å². The zero-order valence-corrected chi connectivity index (χ0v) is 12.0. The monoisotopic (exact) mass is 261 g/mol. The average molecular weight is 261 g/mol. The maximum Gasteiger partial charge on any atom is 0.257 e. The molecular formula is C15H23N3O. The first-order valence-electron chi connectivity index (χ1n) is 7.04. The van der Waals surface area contributed by atoms with Gasteiger partial charge in [0.15, 0.2) is 0 Å². The standard InChI is InChI=1S/C15H23N3O/c1-11-6-4-5-7-14(11)18(3)15(19)12-10-17-9-8-13(12)16-2/h8-11,14H,4-7H2,1-3H3,(H,16,17). The van der Waals surface area contributed by atoms with Crippen molar-refractivity contribution in [1.29, 1.82) is 0 Å². The molecule has 0 bridgehead atoms. The maximum absolute atomic E-state index is 12.6. The molecule has 104 valence electrons. The highest BCUT2D eigenvalue weighted by Crippen LogP contribution is 2.28. The first-order valence-corrected chi connectivity index (χ1v) is 7.04. The van der Waals surface area contributed by atoms with Gasteiger partial charge in [0, 0.05) is 38.2 Å². The average Bonchev–Trinajstić information content (AvgIpc) is 2.46. The summed E-state index contributed by atoms with van der Waals surface area (Å²) in [6, 6.07) is 2.19. The third-order valence-electron chi connectivity index (χ3n) is 4.20. The van der Waals surface area contributed by atoms with Gasteiger partial charge < -0.3 is 10.2 Å². The molecule has 1 amide bonds. The number of anilines is 1. The fourth-order valence-electron chi connectivity index (χ4n) is 3.00. The van der Waals surface area contributed by atoms with Crippen molar-refractivity contribution in [2.45, 2.75) is 38.6 Å². The number of hydrogen-bond acceptors (Lipinski definition) is 3. The van der Waals surface area contributed by atoms with E-state index in [1.807, 2.05) is 25.1 Å². The van der Waals surface area contributed by atoms with Crippen LogP contribution in [-0.2, 0) is 0 Å². The highest BCUT2D eigenvalue weighted by Gasteiger charge is 2.29. The molecule has 4 nitrogen and oxygen atoms in total. The van der Waals surface area contributed by atoms with Crippen molar-refractivity contribution in [3.8, 4) is 0 Å². The third-order valence-corrected chi connectivity index (χ3v) is 4.20. The molecule has 2 atom stereocenters. The number of hydrogen-bond donors (Lipinski definition) is 1. The maximum atomic E-state index is 12.6. The van der Waals surface area contributed by atoms with E-state index in [2.05, 4.69) is 17.2 Å². The fraction of sp³-hybridized carbons (Fsp3) is 0.600. The number of amides is 1. The summed E-state index contributed by atoms with van der Waals surface area (Å²) in [7, 11) is 3.75. The molecule has 0 spiro atoms. The largest absolute Gasteiger partial charge is 0.387 e. The fourth-order valence-corrected chi connectivity index (χ4v) is 3.00. The summed E-state index contributed by atoms with van der Waals surface area (Å²) in [6.07, 6.45) is 8.18. The van der Waals surface area contributed by atoms with Crippen LogP contribution in [0.4, 0.5) is 5.69 Å². The Kier molecular flexibility index (Phi) is 4.40. The molecule has 1 aromatic rings. The number of carbonyl (C=O) groups excluding carboxylic acids is 1. The van der Waals surface area contributed by atoms with Gasteiger partial charge in [-0.05, 0) is 24.8 Å². The Morgan fingerprint density at radius 3 is 2.84 bits per heavy atom. The Morgan fingerprint density at radius 1 is 1.42 bits per heavy atom. The quantitative estimate of drug-likeness (QED) is 0.910. The van der Waals surface area contributed by atoms with E-state index in [-0.39, 0.29) is 5.91 Å². The topological polar surface area (TPSA) is 45.2 Å². The van der Waals surface area contributed by atoms with Crippen LogP contribution in [0.5, 0.6) is 0 Å². The predicted octanol–water partition coefficient (Wildman–Crippen LogP) is 2.77. The van der Waals surface area contributed by atoms with Crippen molar-refractivity contribution in [3.63, 3.8) is 0 Å². The minimum atomic E-state index is 0.0659. The van der Waals surface area contributed by atoms with Crippen molar-refractivity contribution in [3.05, 3.63) is 24.0 Å². The molecule has 1 aliphatic carbocycles. The number of rotatable bonds is 3. The molecule has 1 aliphatic rings. The van der Waals surface area contributed by atoms with Crippen LogP contribution in [0.2, 0.25) is 0 Å². The van der Waals surface area contributed by atoms with E-state index in [9.17, 15) is 4.79 Å². The van der Waals surface area contributed by atoms with E-state index < -0.39 is 0 Å². The Labute approximate surface area is 115 Å². The molecule has 1 saturated carbocycles. The molecule has 0 aromatic carbocycles. The van der Waals surface area contributed by atoms with Gasteiger partial charge in [-0.3, -0.25) is 9.78 Å². The zero-order chi connectivity index (χ0) is 13.8. The van der Waals surface area contributed by atoms with Gasteiger partial charge in [-0.25, -0.2) is 0 Å². The zero-order valence-electron chi connectivity index (χ0n) is 12.0. The molecule has 0 aliphatic heterocycles. The van der Waals surface area contributed by atoms with Crippen molar-refractivity contribution >= 4 is 11.6 Å². The van der Waals surface area contributed by atoms with Gasteiger partial charge in [-0.15, -0.1) is 0 Å². The van der Waals surface area contributed by atoms with Crippen LogP contribution in [0.15, 0.2) is 18.5 Å². The summed E-state index contributed by atoms with van der Waals surface area (Å²) in [5.74, 6) is 0.647. The lowest BCUT2D eigenvalue weighted by atomic mass is 9.85. The van der Waals surface area contributed by atoms with Crippen molar-refractivity contribution in [1.82, 2.24) is 9.88 Å². The lowest BCUT2D eigenvalue weighted by Gasteiger charge is -2.36. The lowest BCUT2D eigenvalue weighted by Crippen LogP contribution is -2.42. The summed E-state index contributed by atoms with van der Waals surface area (Å²) < 4.78 is 0. The van der Waals surface area contributed by atoms with Crippen LogP contribution < -0.4 is 5.32 Å². The second-order valence-corrected chi connectivity index (χ2v) is 5.42. The highest BCUT2D eigenvalue weighted by molar-refractivity contribution is 5.99. The molecular weight excluding hydrogens is 238 g/mol. The first-order chi connectivity index (χ1) is 9.15. The van der Waals surface area contributed by atoms with Crippen molar-refractivity contribution < 1.29 is 4.79 Å². The highest BCUT2D eigenvalue weighted by atomic mass is 16.2. The van der Waals surface area contributed by atoms with Crippen LogP contribution in [0.3, 0.4) is 0 Å². The molecule has 0 radical (unpaired) electrons. The molecule has 4 heteroatoms. The van der Waals surface area contributed by atoms with E-state index >= 15 is 0 Å². The molecule has 1 N–H and O–H groups in total. The summed E-state index contributed by atoms with van der Waals surface area (Å²) in [5, 5.41) is 3.06. The van der Waals surface area contributed by atoms with Gasteiger partial charge in [0.25, 0.3) is 5.91 Å². The Bertz CT molecular complexity index is 447. The molecule has 1 aromatic heterocycles. The Morgan fingerprint density at radius 2 is 2.16 bits per heavy atom. The van der Waals surface area contributed by atoms with Gasteiger partial charge >= 0.3 is 0 Å². The molecule has 0 saturated heterocycles. The summed E-state index contributed by atoms with van der Waals surface area (Å²) in [4.78, 5) is 18.6. The van der Waals surface area contributed by atoms with E-state index in [1.165, 1.54) is 19.3 Å². The minimum absolute atomic E-state index is 0.0659. The number of pyridine rings is 1. The van der Waals surface area contributed by atoms with Crippen LogP contribution in [-0.4, -0.2) is 35.9 Å². The van der Waals surface area contributed by atoms with Gasteiger partial charge in [-0.2, -0.15) is 0 Å². The lowest BCUT2D eigenvalue weighted by molar-refractivity contribution is 0.0629. The van der Waals surface area contributed by atoms with Crippen LogP contribution in [0.25, 0.3) is 0 Å². The Balaban J connectivity index is 2.18. The summed E-state index contributed by atoms with van der Waals surface area (Å²) in [5.41, 5.74) is 1.50. The normalized spacial score (nSPS) is 22.9. The number of aromatic nitrogens is 1. The van der Waals surface area contributed by atoms with Gasteiger partial charge in [0.1, 0.15) is 0 Å². The van der Waals surface area contributed by atoms with Crippen molar-refractivity contribution in [2.75, 3.05) is 19.4 Å². The van der Waals surface area contributed by atoms with Crippen LogP contribution in [0.1, 0.15) is 43.0 Å². The van der Waals surface area contributed by atoms with Gasteiger partial charge in [-0.1, -0.05) is 19.8 Å². The van der Waals surface area contributed by atoms with Crippen LogP contribution in [0, 0.1) is 5.92 Å². The molecule has 2 rings (SSSR count). The number of carbonyl (C=O) groups is 1. The molecule has 1 fully saturated rings. The predicted molar refractivity (Wildman–Crippen MR) is 77.3 cm³/mol. The molecule has 1 heterocycles.